The van der Waals surface area contributed by atoms with Gasteiger partial charge in [0.1, 0.15) is 0 Å². The van der Waals surface area contributed by atoms with E-state index in [2.05, 4.69) is 45.4 Å². The Labute approximate surface area is 180 Å². The minimum absolute atomic E-state index is 0.0864. The van der Waals surface area contributed by atoms with Gasteiger partial charge in [-0.15, -0.1) is 11.3 Å². The molecule has 4 saturated heterocycles. The van der Waals surface area contributed by atoms with Crippen LogP contribution in [0, 0.1) is 5.92 Å². The van der Waals surface area contributed by atoms with Gasteiger partial charge in [0.2, 0.25) is 0 Å². The number of benzene rings is 1. The maximum Gasteiger partial charge on any atom is 0.261 e. The number of carbonyl (C=O) groups is 1. The predicted molar refractivity (Wildman–Crippen MR) is 118 cm³/mol. The highest BCUT2D eigenvalue weighted by Crippen LogP contribution is 2.35. The zero-order valence-electron chi connectivity index (χ0n) is 16.5. The van der Waals surface area contributed by atoms with Gasteiger partial charge in [0, 0.05) is 36.3 Å². The fourth-order valence-electron chi connectivity index (χ4n) is 4.53. The summed E-state index contributed by atoms with van der Waals surface area (Å²) in [5.74, 6) is 0.742. The molecule has 5 nitrogen and oxygen atoms in total. The van der Waals surface area contributed by atoms with Crippen LogP contribution in [0.1, 0.15) is 22.5 Å². The molecule has 2 bridgehead atoms. The van der Waals surface area contributed by atoms with Crippen LogP contribution in [0.15, 0.2) is 45.5 Å². The molecule has 0 spiro atoms. The Hall–Kier alpha value is -1.54. The van der Waals surface area contributed by atoms with Crippen molar-refractivity contribution in [3.05, 3.63) is 41.3 Å². The molecule has 1 amide bonds. The van der Waals surface area contributed by atoms with E-state index in [9.17, 15) is 4.79 Å². The lowest BCUT2D eigenvalue weighted by molar-refractivity contribution is 0.0622. The number of carbonyl (C=O) groups excluding carboxylic acids is 1. The lowest BCUT2D eigenvalue weighted by atomic mass is 9.84. The number of nitrogens with zero attached hydrogens (tertiary/aromatic N) is 2. The molecule has 0 radical (unpaired) electrons. The molecule has 1 N–H and O–H groups in total. The van der Waals surface area contributed by atoms with Crippen LogP contribution >= 0.6 is 23.1 Å². The molecule has 4 aliphatic rings. The maximum absolute atomic E-state index is 12.7. The molecule has 7 heteroatoms. The van der Waals surface area contributed by atoms with Crippen molar-refractivity contribution in [3.63, 3.8) is 0 Å². The number of ether oxygens (including phenoxy) is 1. The summed E-state index contributed by atoms with van der Waals surface area (Å²) in [5.41, 5.74) is 1.25. The van der Waals surface area contributed by atoms with E-state index in [0.717, 1.165) is 41.9 Å². The van der Waals surface area contributed by atoms with Crippen LogP contribution in [0.25, 0.3) is 0 Å². The first-order valence-electron chi connectivity index (χ1n) is 10.5. The van der Waals surface area contributed by atoms with E-state index >= 15 is 0 Å². The molecular formula is C22H27N3O2S2. The van der Waals surface area contributed by atoms with Crippen molar-refractivity contribution in [1.82, 2.24) is 10.2 Å². The fraction of sp³-hybridized carbons (Fsp3) is 0.500. The molecule has 6 rings (SSSR count). The van der Waals surface area contributed by atoms with Crippen molar-refractivity contribution in [1.29, 1.82) is 0 Å². The van der Waals surface area contributed by atoms with Gasteiger partial charge >= 0.3 is 0 Å². The number of piperidine rings is 3. The number of anilines is 1. The number of morpholine rings is 1. The van der Waals surface area contributed by atoms with Crippen LogP contribution in [0.4, 0.5) is 5.69 Å². The molecule has 5 heterocycles. The molecule has 154 valence electrons. The molecule has 4 fully saturated rings. The first kappa shape index (κ1) is 19.4. The van der Waals surface area contributed by atoms with Gasteiger partial charge in [0.25, 0.3) is 5.91 Å². The second kappa shape index (κ2) is 8.68. The van der Waals surface area contributed by atoms with Crippen molar-refractivity contribution >= 4 is 34.7 Å². The second-order valence-corrected chi connectivity index (χ2v) is 10.5. The summed E-state index contributed by atoms with van der Waals surface area (Å²) in [6, 6.07) is 13.0. The van der Waals surface area contributed by atoms with E-state index in [1.165, 1.54) is 36.5 Å². The summed E-state index contributed by atoms with van der Waals surface area (Å²) < 4.78 is 6.58. The van der Waals surface area contributed by atoms with Gasteiger partial charge in [-0.2, -0.15) is 0 Å². The standard InChI is InChI=1S/C22H27N3O2S2/c26-22(23-19-15-24-9-7-16(19)8-10-24)20-5-6-21(29-20)28-18-3-1-17(2-4-18)25-11-13-27-14-12-25/h1-6,16,19H,7-15H2,(H,23,26). The number of hydrogen-bond donors (Lipinski definition) is 1. The summed E-state index contributed by atoms with van der Waals surface area (Å²) in [6.45, 7) is 6.92. The average Bonchev–Trinajstić information content (AvgIpc) is 3.24. The average molecular weight is 430 g/mol. The normalized spacial score (nSPS) is 26.5. The topological polar surface area (TPSA) is 44.8 Å². The third-order valence-electron chi connectivity index (χ3n) is 6.21. The number of thiophene rings is 1. The van der Waals surface area contributed by atoms with Gasteiger partial charge in [-0.1, -0.05) is 11.8 Å². The smallest absolute Gasteiger partial charge is 0.261 e. The maximum atomic E-state index is 12.7. The van der Waals surface area contributed by atoms with Crippen LogP contribution in [-0.2, 0) is 4.74 Å². The van der Waals surface area contributed by atoms with E-state index < -0.39 is 0 Å². The first-order chi connectivity index (χ1) is 14.2. The van der Waals surface area contributed by atoms with Gasteiger partial charge in [-0.05, 0) is 68.2 Å². The Balaban J connectivity index is 1.18. The van der Waals surface area contributed by atoms with Gasteiger partial charge in [-0.3, -0.25) is 4.79 Å². The zero-order chi connectivity index (χ0) is 19.6. The van der Waals surface area contributed by atoms with Gasteiger partial charge in [0.15, 0.2) is 0 Å². The summed E-state index contributed by atoms with van der Waals surface area (Å²) in [6.07, 6.45) is 2.44. The summed E-state index contributed by atoms with van der Waals surface area (Å²) >= 11 is 3.31. The molecule has 1 aromatic heterocycles. The number of nitrogens with one attached hydrogen (secondary N) is 1. The van der Waals surface area contributed by atoms with E-state index in [1.807, 2.05) is 6.07 Å². The summed E-state index contributed by atoms with van der Waals surface area (Å²) in [5, 5.41) is 3.29. The van der Waals surface area contributed by atoms with Crippen LogP contribution in [-0.4, -0.2) is 62.8 Å². The Kier molecular flexibility index (Phi) is 5.81. The van der Waals surface area contributed by atoms with Crippen molar-refractivity contribution in [3.8, 4) is 0 Å². The van der Waals surface area contributed by atoms with Crippen molar-refractivity contribution in [2.24, 2.45) is 5.92 Å². The molecule has 29 heavy (non-hydrogen) atoms. The second-order valence-electron chi connectivity index (χ2n) is 8.03. The molecule has 1 unspecified atom stereocenters. The Morgan fingerprint density at radius 1 is 1.03 bits per heavy atom. The third kappa shape index (κ3) is 4.48. The molecule has 1 aromatic carbocycles. The highest BCUT2D eigenvalue weighted by molar-refractivity contribution is 8.01. The van der Waals surface area contributed by atoms with Crippen molar-refractivity contribution < 1.29 is 9.53 Å². The van der Waals surface area contributed by atoms with Crippen molar-refractivity contribution in [2.75, 3.05) is 50.8 Å². The minimum Gasteiger partial charge on any atom is -0.378 e. The molecule has 2 aromatic rings. The minimum atomic E-state index is 0.0864. The van der Waals surface area contributed by atoms with Crippen LogP contribution < -0.4 is 10.2 Å². The summed E-state index contributed by atoms with van der Waals surface area (Å²) in [7, 11) is 0. The Bertz CT molecular complexity index is 840. The number of rotatable bonds is 5. The first-order valence-corrected chi connectivity index (χ1v) is 12.1. The van der Waals surface area contributed by atoms with E-state index in [1.54, 1.807) is 23.1 Å². The molecule has 0 aliphatic carbocycles. The van der Waals surface area contributed by atoms with Crippen LogP contribution in [0.2, 0.25) is 0 Å². The fourth-order valence-corrected chi connectivity index (χ4v) is 6.53. The van der Waals surface area contributed by atoms with Crippen LogP contribution in [0.3, 0.4) is 0 Å². The Morgan fingerprint density at radius 2 is 1.79 bits per heavy atom. The number of fused-ring (bicyclic) bond motifs is 3. The summed E-state index contributed by atoms with van der Waals surface area (Å²) in [4.78, 5) is 19.6. The highest BCUT2D eigenvalue weighted by Gasteiger charge is 2.35. The van der Waals surface area contributed by atoms with E-state index in [-0.39, 0.29) is 5.91 Å². The van der Waals surface area contributed by atoms with Crippen molar-refractivity contribution in [2.45, 2.75) is 28.0 Å². The number of hydrogen-bond acceptors (Lipinski definition) is 6. The van der Waals surface area contributed by atoms with E-state index in [4.69, 9.17) is 4.74 Å². The zero-order valence-corrected chi connectivity index (χ0v) is 18.1. The molecular weight excluding hydrogens is 402 g/mol. The van der Waals surface area contributed by atoms with E-state index in [0.29, 0.717) is 12.0 Å². The molecule has 0 saturated carbocycles. The quantitative estimate of drug-likeness (QED) is 0.787. The van der Waals surface area contributed by atoms with Gasteiger partial charge < -0.3 is 19.9 Å². The van der Waals surface area contributed by atoms with Crippen LogP contribution in [0.5, 0.6) is 0 Å². The predicted octanol–water partition coefficient (Wildman–Crippen LogP) is 3.56. The largest absolute Gasteiger partial charge is 0.378 e. The molecule has 1 atom stereocenters. The van der Waals surface area contributed by atoms with Gasteiger partial charge in [-0.25, -0.2) is 0 Å². The lowest BCUT2D eigenvalue weighted by Gasteiger charge is -2.44. The third-order valence-corrected chi connectivity index (χ3v) is 8.43. The molecule has 4 aliphatic heterocycles. The SMILES string of the molecule is O=C(NC1CN2CCC1CC2)c1ccc(Sc2ccc(N3CCOCC3)cc2)s1. The highest BCUT2D eigenvalue weighted by atomic mass is 32.2. The monoisotopic (exact) mass is 429 g/mol. The lowest BCUT2D eigenvalue weighted by Crippen LogP contribution is -2.57. The van der Waals surface area contributed by atoms with Gasteiger partial charge in [0.05, 0.1) is 22.3 Å². The number of amides is 1. The Morgan fingerprint density at radius 3 is 2.48 bits per heavy atom.